The van der Waals surface area contributed by atoms with Crippen LogP contribution in [0.15, 0.2) is 42.5 Å². The first-order chi connectivity index (χ1) is 11.1. The quantitative estimate of drug-likeness (QED) is 0.839. The first-order valence-corrected chi connectivity index (χ1v) is 8.17. The predicted molar refractivity (Wildman–Crippen MR) is 93.7 cm³/mol. The molecule has 0 spiro atoms. The molecular weight excluding hydrogens is 288 g/mol. The van der Waals surface area contributed by atoms with Crippen LogP contribution in [-0.2, 0) is 0 Å². The fraction of sp³-hybridized carbons (Fsp3) is 0.368. The van der Waals surface area contributed by atoms with Crippen molar-refractivity contribution in [2.45, 2.75) is 44.8 Å². The zero-order valence-electron chi connectivity index (χ0n) is 13.5. The Morgan fingerprint density at radius 1 is 0.826 bits per heavy atom. The predicted octanol–water partition coefficient (Wildman–Crippen LogP) is 3.93. The van der Waals surface area contributed by atoms with Crippen molar-refractivity contribution in [1.82, 2.24) is 0 Å². The molecule has 2 atom stereocenters. The Kier molecular flexibility index (Phi) is 4.60. The van der Waals surface area contributed by atoms with Crippen LogP contribution in [0.1, 0.15) is 31.2 Å². The van der Waals surface area contributed by atoms with Gasteiger partial charge in [0, 0.05) is 0 Å². The van der Waals surface area contributed by atoms with Crippen molar-refractivity contribution < 1.29 is 9.47 Å². The van der Waals surface area contributed by atoms with Crippen LogP contribution in [-0.4, -0.2) is 12.2 Å². The smallest absolute Gasteiger partial charge is 0.143 e. The van der Waals surface area contributed by atoms with Crippen molar-refractivity contribution in [3.8, 4) is 11.5 Å². The van der Waals surface area contributed by atoms with E-state index >= 15 is 0 Å². The van der Waals surface area contributed by atoms with E-state index in [9.17, 15) is 0 Å². The molecule has 0 amide bonds. The van der Waals surface area contributed by atoms with Crippen molar-refractivity contribution in [1.29, 1.82) is 0 Å². The second kappa shape index (κ2) is 6.82. The van der Waals surface area contributed by atoms with Crippen LogP contribution in [0.5, 0.6) is 11.5 Å². The molecule has 2 aromatic rings. The molecule has 4 heteroatoms. The van der Waals surface area contributed by atoms with Crippen molar-refractivity contribution in [3.05, 3.63) is 48.0 Å². The molecule has 2 aromatic carbocycles. The van der Waals surface area contributed by atoms with Gasteiger partial charge in [-0.2, -0.15) is 0 Å². The lowest BCUT2D eigenvalue weighted by Gasteiger charge is -2.32. The molecule has 4 N–H and O–H groups in total. The van der Waals surface area contributed by atoms with E-state index in [1.54, 1.807) is 0 Å². The summed E-state index contributed by atoms with van der Waals surface area (Å²) in [5.74, 6) is 1.47. The highest BCUT2D eigenvalue weighted by Crippen LogP contribution is 2.32. The van der Waals surface area contributed by atoms with Crippen molar-refractivity contribution >= 4 is 11.4 Å². The highest BCUT2D eigenvalue weighted by atomic mass is 16.5. The molecule has 1 aliphatic rings. The average Bonchev–Trinajstić information content (AvgIpc) is 2.55. The molecule has 0 aliphatic heterocycles. The Balaban J connectivity index is 1.76. The second-order valence-corrected chi connectivity index (χ2v) is 6.18. The molecule has 23 heavy (non-hydrogen) atoms. The topological polar surface area (TPSA) is 70.5 Å². The number of rotatable bonds is 4. The summed E-state index contributed by atoms with van der Waals surface area (Å²) in [5, 5.41) is 0. The highest BCUT2D eigenvalue weighted by Gasteiger charge is 2.29. The van der Waals surface area contributed by atoms with Crippen LogP contribution in [0, 0.1) is 6.92 Å². The maximum Gasteiger partial charge on any atom is 0.143 e. The van der Waals surface area contributed by atoms with Gasteiger partial charge in [0.2, 0.25) is 0 Å². The molecule has 122 valence electrons. The summed E-state index contributed by atoms with van der Waals surface area (Å²) in [7, 11) is 0. The maximum absolute atomic E-state index is 6.20. The third-order valence-corrected chi connectivity index (χ3v) is 4.29. The van der Waals surface area contributed by atoms with Gasteiger partial charge in [0.15, 0.2) is 0 Å². The molecule has 0 saturated heterocycles. The van der Waals surface area contributed by atoms with E-state index < -0.39 is 0 Å². The summed E-state index contributed by atoms with van der Waals surface area (Å²) in [6.45, 7) is 2.03. The molecule has 0 bridgehead atoms. The van der Waals surface area contributed by atoms with Crippen LogP contribution < -0.4 is 20.9 Å². The van der Waals surface area contributed by atoms with Crippen LogP contribution in [0.25, 0.3) is 0 Å². The lowest BCUT2D eigenvalue weighted by Crippen LogP contribution is -2.39. The highest BCUT2D eigenvalue weighted by molar-refractivity contribution is 5.54. The van der Waals surface area contributed by atoms with Gasteiger partial charge in [-0.3, -0.25) is 0 Å². The van der Waals surface area contributed by atoms with E-state index in [4.69, 9.17) is 20.9 Å². The number of aryl methyl sites for hydroxylation is 1. The van der Waals surface area contributed by atoms with Gasteiger partial charge in [0.05, 0.1) is 11.4 Å². The molecule has 0 radical (unpaired) electrons. The van der Waals surface area contributed by atoms with Gasteiger partial charge in [-0.1, -0.05) is 18.2 Å². The number of benzene rings is 2. The zero-order chi connectivity index (χ0) is 16.2. The minimum atomic E-state index is -0.00699. The Hall–Kier alpha value is -2.36. The molecule has 1 saturated carbocycles. The fourth-order valence-corrected chi connectivity index (χ4v) is 2.99. The summed E-state index contributed by atoms with van der Waals surface area (Å²) >= 11 is 0. The summed E-state index contributed by atoms with van der Waals surface area (Å²) < 4.78 is 12.4. The normalized spacial score (nSPS) is 20.9. The van der Waals surface area contributed by atoms with Gasteiger partial charge in [-0.15, -0.1) is 0 Å². The molecule has 1 aliphatic carbocycles. The third kappa shape index (κ3) is 3.70. The zero-order valence-corrected chi connectivity index (χ0v) is 13.5. The summed E-state index contributed by atoms with van der Waals surface area (Å²) in [6.07, 6.45) is 4.19. The van der Waals surface area contributed by atoms with Crippen molar-refractivity contribution in [2.24, 2.45) is 0 Å². The third-order valence-electron chi connectivity index (χ3n) is 4.29. The van der Waals surface area contributed by atoms with E-state index in [1.807, 2.05) is 49.4 Å². The summed E-state index contributed by atoms with van der Waals surface area (Å²) in [4.78, 5) is 0. The SMILES string of the molecule is Cc1ccc(N)c(OC2CCCCC2Oc2ccccc2N)c1. The number of hydrogen-bond donors (Lipinski definition) is 2. The van der Waals surface area contributed by atoms with Crippen LogP contribution in [0.3, 0.4) is 0 Å². The molecule has 2 unspecified atom stereocenters. The largest absolute Gasteiger partial charge is 0.484 e. The first-order valence-electron chi connectivity index (χ1n) is 8.17. The van der Waals surface area contributed by atoms with Crippen LogP contribution in [0.4, 0.5) is 11.4 Å². The van der Waals surface area contributed by atoms with Gasteiger partial charge < -0.3 is 20.9 Å². The van der Waals surface area contributed by atoms with Gasteiger partial charge in [0.25, 0.3) is 0 Å². The van der Waals surface area contributed by atoms with E-state index in [2.05, 4.69) is 0 Å². The number of hydrogen-bond acceptors (Lipinski definition) is 4. The molecule has 0 heterocycles. The maximum atomic E-state index is 6.20. The van der Waals surface area contributed by atoms with E-state index in [-0.39, 0.29) is 12.2 Å². The standard InChI is InChI=1S/C19H24N2O2/c1-13-10-11-15(21)19(12-13)23-18-9-5-4-8-17(18)22-16-7-3-2-6-14(16)20/h2-3,6-7,10-12,17-18H,4-5,8-9,20-21H2,1H3. The monoisotopic (exact) mass is 312 g/mol. The Morgan fingerprint density at radius 3 is 2.13 bits per heavy atom. The Labute approximate surface area is 137 Å². The van der Waals surface area contributed by atoms with Gasteiger partial charge in [-0.05, 0) is 62.4 Å². The number of para-hydroxylation sites is 2. The number of nitrogens with two attached hydrogens (primary N) is 2. The molecule has 0 aromatic heterocycles. The van der Waals surface area contributed by atoms with Crippen LogP contribution >= 0.6 is 0 Å². The Morgan fingerprint density at radius 2 is 1.43 bits per heavy atom. The minimum absolute atomic E-state index is 0.00615. The first kappa shape index (κ1) is 15.5. The van der Waals surface area contributed by atoms with Gasteiger partial charge in [-0.25, -0.2) is 0 Å². The Bertz CT molecular complexity index is 672. The fourth-order valence-electron chi connectivity index (χ4n) is 2.99. The summed E-state index contributed by atoms with van der Waals surface area (Å²) in [6, 6.07) is 13.5. The molecule has 1 fully saturated rings. The lowest BCUT2D eigenvalue weighted by molar-refractivity contribution is 0.0240. The van der Waals surface area contributed by atoms with E-state index in [1.165, 1.54) is 0 Å². The number of anilines is 2. The average molecular weight is 312 g/mol. The van der Waals surface area contributed by atoms with Gasteiger partial charge in [0.1, 0.15) is 23.7 Å². The summed E-state index contributed by atoms with van der Waals surface area (Å²) in [5.41, 5.74) is 14.5. The van der Waals surface area contributed by atoms with E-state index in [0.717, 1.165) is 42.7 Å². The lowest BCUT2D eigenvalue weighted by atomic mass is 9.94. The van der Waals surface area contributed by atoms with E-state index in [0.29, 0.717) is 11.4 Å². The van der Waals surface area contributed by atoms with Crippen molar-refractivity contribution in [2.75, 3.05) is 11.5 Å². The molecular formula is C19H24N2O2. The number of nitrogen functional groups attached to an aromatic ring is 2. The molecule has 4 nitrogen and oxygen atoms in total. The minimum Gasteiger partial charge on any atom is -0.484 e. The van der Waals surface area contributed by atoms with Gasteiger partial charge >= 0.3 is 0 Å². The second-order valence-electron chi connectivity index (χ2n) is 6.18. The molecule has 3 rings (SSSR count). The number of ether oxygens (including phenoxy) is 2. The van der Waals surface area contributed by atoms with Crippen molar-refractivity contribution in [3.63, 3.8) is 0 Å². The van der Waals surface area contributed by atoms with Crippen LogP contribution in [0.2, 0.25) is 0 Å².